The van der Waals surface area contributed by atoms with Crippen LogP contribution in [0.15, 0.2) is 40.1 Å². The van der Waals surface area contributed by atoms with Gasteiger partial charge in [0, 0.05) is 22.9 Å². The maximum atomic E-state index is 12.4. The lowest BCUT2D eigenvalue weighted by molar-refractivity contribution is -0.133. The number of furan rings is 1. The van der Waals surface area contributed by atoms with Crippen LogP contribution in [0.3, 0.4) is 0 Å². The third kappa shape index (κ3) is 4.31. The lowest BCUT2D eigenvalue weighted by atomic mass is 10.1. The number of amides is 1. The average Bonchev–Trinajstić information content (AvgIpc) is 3.28. The van der Waals surface area contributed by atoms with Gasteiger partial charge in [0.25, 0.3) is 5.91 Å². The number of benzene rings is 1. The van der Waals surface area contributed by atoms with Gasteiger partial charge in [0.05, 0.1) is 13.2 Å². The van der Waals surface area contributed by atoms with E-state index < -0.39 is 5.97 Å². The van der Waals surface area contributed by atoms with E-state index >= 15 is 0 Å². The van der Waals surface area contributed by atoms with Gasteiger partial charge >= 0.3 is 5.97 Å². The van der Waals surface area contributed by atoms with E-state index in [1.807, 2.05) is 30.5 Å². The predicted octanol–water partition coefficient (Wildman–Crippen LogP) is 4.02. The molecule has 0 fully saturated rings. The second kappa shape index (κ2) is 8.26. The molecule has 0 atom stereocenters. The number of fused-ring (bicyclic) bond motifs is 1. The molecule has 1 aromatic carbocycles. The molecule has 7 heteroatoms. The van der Waals surface area contributed by atoms with Gasteiger partial charge in [0.15, 0.2) is 6.61 Å². The number of carbonyl (C=O) groups is 2. The van der Waals surface area contributed by atoms with Crippen molar-refractivity contribution in [1.29, 1.82) is 0 Å². The molecule has 27 heavy (non-hydrogen) atoms. The molecule has 0 radical (unpaired) electrons. The fraction of sp³-hybridized carbons (Fsp3) is 0.300. The molecular formula is C20H21NO5S. The SMILES string of the molecule is CCOc1ccc2oc(C(=O)OCC(=O)N(C)Cc3cccs3)c(C)c2c1. The van der Waals surface area contributed by atoms with Crippen LogP contribution in [0.25, 0.3) is 11.0 Å². The number of hydrogen-bond acceptors (Lipinski definition) is 6. The van der Waals surface area contributed by atoms with Crippen molar-refractivity contribution >= 4 is 34.2 Å². The number of likely N-dealkylation sites (N-methyl/N-ethyl adjacent to an activating group) is 1. The Morgan fingerprint density at radius 2 is 2.07 bits per heavy atom. The maximum Gasteiger partial charge on any atom is 0.375 e. The summed E-state index contributed by atoms with van der Waals surface area (Å²) in [4.78, 5) is 27.2. The first kappa shape index (κ1) is 19.0. The largest absolute Gasteiger partial charge is 0.494 e. The highest BCUT2D eigenvalue weighted by Crippen LogP contribution is 2.29. The van der Waals surface area contributed by atoms with Gasteiger partial charge in [0.2, 0.25) is 5.76 Å². The third-order valence-electron chi connectivity index (χ3n) is 4.13. The molecule has 0 spiro atoms. The monoisotopic (exact) mass is 387 g/mol. The van der Waals surface area contributed by atoms with Gasteiger partial charge in [0.1, 0.15) is 11.3 Å². The second-order valence-electron chi connectivity index (χ2n) is 6.05. The lowest BCUT2D eigenvalue weighted by Gasteiger charge is -2.15. The molecule has 0 saturated heterocycles. The topological polar surface area (TPSA) is 69.0 Å². The summed E-state index contributed by atoms with van der Waals surface area (Å²) in [5.74, 6) is -0.116. The van der Waals surface area contributed by atoms with Gasteiger partial charge in [-0.1, -0.05) is 6.07 Å². The van der Waals surface area contributed by atoms with Crippen LogP contribution in [0.5, 0.6) is 5.75 Å². The van der Waals surface area contributed by atoms with Crippen molar-refractivity contribution < 1.29 is 23.5 Å². The van der Waals surface area contributed by atoms with E-state index in [4.69, 9.17) is 13.9 Å². The first-order chi connectivity index (χ1) is 13.0. The minimum atomic E-state index is -0.653. The van der Waals surface area contributed by atoms with Crippen LogP contribution in [0.2, 0.25) is 0 Å². The van der Waals surface area contributed by atoms with Gasteiger partial charge in [-0.2, -0.15) is 0 Å². The highest BCUT2D eigenvalue weighted by Gasteiger charge is 2.21. The van der Waals surface area contributed by atoms with Crippen molar-refractivity contribution in [2.75, 3.05) is 20.3 Å². The Labute approximate surface area is 161 Å². The molecule has 3 aromatic rings. The molecule has 6 nitrogen and oxygen atoms in total. The number of nitrogens with zero attached hydrogens (tertiary/aromatic N) is 1. The fourth-order valence-corrected chi connectivity index (χ4v) is 3.44. The van der Waals surface area contributed by atoms with Crippen molar-refractivity contribution in [3.05, 3.63) is 51.9 Å². The summed E-state index contributed by atoms with van der Waals surface area (Å²) >= 11 is 1.57. The van der Waals surface area contributed by atoms with Crippen LogP contribution in [-0.4, -0.2) is 37.0 Å². The Morgan fingerprint density at radius 3 is 2.78 bits per heavy atom. The molecule has 2 aromatic heterocycles. The van der Waals surface area contributed by atoms with Gasteiger partial charge in [-0.05, 0) is 43.5 Å². The summed E-state index contributed by atoms with van der Waals surface area (Å²) in [5, 5.41) is 2.74. The number of hydrogen-bond donors (Lipinski definition) is 0. The van der Waals surface area contributed by atoms with E-state index in [-0.39, 0.29) is 18.3 Å². The molecule has 142 valence electrons. The van der Waals surface area contributed by atoms with E-state index in [1.54, 1.807) is 37.4 Å². The summed E-state index contributed by atoms with van der Waals surface area (Å²) in [5.41, 5.74) is 1.24. The number of aryl methyl sites for hydroxylation is 1. The highest BCUT2D eigenvalue weighted by molar-refractivity contribution is 7.09. The molecule has 1 amide bonds. The quantitative estimate of drug-likeness (QED) is 0.573. The van der Waals surface area contributed by atoms with Gasteiger partial charge in [-0.25, -0.2) is 4.79 Å². The van der Waals surface area contributed by atoms with Crippen LogP contribution in [0.1, 0.15) is 27.9 Å². The van der Waals surface area contributed by atoms with Crippen molar-refractivity contribution in [1.82, 2.24) is 4.90 Å². The molecule has 0 aliphatic rings. The molecule has 0 N–H and O–H groups in total. The number of carbonyl (C=O) groups excluding carboxylic acids is 2. The zero-order chi connectivity index (χ0) is 19.4. The molecule has 0 aliphatic carbocycles. The molecule has 2 heterocycles. The van der Waals surface area contributed by atoms with Crippen molar-refractivity contribution in [3.63, 3.8) is 0 Å². The summed E-state index contributed by atoms with van der Waals surface area (Å²) in [7, 11) is 1.68. The second-order valence-corrected chi connectivity index (χ2v) is 7.08. The Morgan fingerprint density at radius 1 is 1.26 bits per heavy atom. The average molecular weight is 387 g/mol. The van der Waals surface area contributed by atoms with Crippen LogP contribution >= 0.6 is 11.3 Å². The molecule has 0 saturated carbocycles. The van der Waals surface area contributed by atoms with Crippen molar-refractivity contribution in [2.24, 2.45) is 0 Å². The number of thiophene rings is 1. The van der Waals surface area contributed by atoms with Gasteiger partial charge in [-0.3, -0.25) is 4.79 Å². The predicted molar refractivity (Wildman–Crippen MR) is 103 cm³/mol. The summed E-state index contributed by atoms with van der Waals surface area (Å²) in [6.07, 6.45) is 0. The molecule has 0 aliphatic heterocycles. The molecule has 0 bridgehead atoms. The van der Waals surface area contributed by atoms with E-state index in [0.717, 1.165) is 10.3 Å². The van der Waals surface area contributed by atoms with E-state index in [0.29, 0.717) is 30.0 Å². The number of esters is 1. The van der Waals surface area contributed by atoms with Gasteiger partial charge in [-0.15, -0.1) is 11.3 Å². The zero-order valence-electron chi connectivity index (χ0n) is 15.5. The Balaban J connectivity index is 1.65. The first-order valence-electron chi connectivity index (χ1n) is 8.59. The summed E-state index contributed by atoms with van der Waals surface area (Å²) in [6, 6.07) is 9.25. The smallest absolute Gasteiger partial charge is 0.375 e. The Kier molecular flexibility index (Phi) is 5.81. The normalized spacial score (nSPS) is 10.8. The molecular weight excluding hydrogens is 366 g/mol. The summed E-state index contributed by atoms with van der Waals surface area (Å²) < 4.78 is 16.3. The lowest BCUT2D eigenvalue weighted by Crippen LogP contribution is -2.30. The van der Waals surface area contributed by atoms with E-state index in [9.17, 15) is 9.59 Å². The highest BCUT2D eigenvalue weighted by atomic mass is 32.1. The van der Waals surface area contributed by atoms with Crippen LogP contribution in [-0.2, 0) is 16.1 Å². The van der Waals surface area contributed by atoms with Crippen molar-refractivity contribution in [2.45, 2.75) is 20.4 Å². The fourth-order valence-electron chi connectivity index (χ4n) is 2.68. The van der Waals surface area contributed by atoms with E-state index in [2.05, 4.69) is 0 Å². The van der Waals surface area contributed by atoms with Crippen LogP contribution in [0.4, 0.5) is 0 Å². The Bertz CT molecular complexity index is 945. The Hall–Kier alpha value is -2.80. The first-order valence-corrected chi connectivity index (χ1v) is 9.47. The van der Waals surface area contributed by atoms with E-state index in [1.165, 1.54) is 4.90 Å². The number of ether oxygens (including phenoxy) is 2. The standard InChI is InChI=1S/C20H21NO5S/c1-4-24-14-7-8-17-16(10-14)13(2)19(26-17)20(23)25-12-18(22)21(3)11-15-6-5-9-27-15/h5-10H,4,11-12H2,1-3H3. The van der Waals surface area contributed by atoms with Crippen LogP contribution < -0.4 is 4.74 Å². The zero-order valence-corrected chi connectivity index (χ0v) is 16.3. The third-order valence-corrected chi connectivity index (χ3v) is 4.99. The number of rotatable bonds is 7. The minimum absolute atomic E-state index is 0.104. The molecule has 0 unspecified atom stereocenters. The molecule has 3 rings (SSSR count). The van der Waals surface area contributed by atoms with Gasteiger partial charge < -0.3 is 18.8 Å². The minimum Gasteiger partial charge on any atom is -0.494 e. The summed E-state index contributed by atoms with van der Waals surface area (Å²) in [6.45, 7) is 4.39. The van der Waals surface area contributed by atoms with Crippen molar-refractivity contribution in [3.8, 4) is 5.75 Å². The van der Waals surface area contributed by atoms with Crippen LogP contribution in [0, 0.1) is 6.92 Å². The maximum absolute atomic E-state index is 12.4.